The fourth-order valence-corrected chi connectivity index (χ4v) is 12.9. The van der Waals surface area contributed by atoms with Crippen LogP contribution in [0.5, 0.6) is 0 Å². The van der Waals surface area contributed by atoms with Gasteiger partial charge in [0.15, 0.2) is 0 Å². The van der Waals surface area contributed by atoms with Gasteiger partial charge in [0.05, 0.1) is 22.4 Å². The average molecular weight is 977 g/mol. The lowest BCUT2D eigenvalue weighted by Crippen LogP contribution is -2.10. The van der Waals surface area contributed by atoms with Crippen molar-refractivity contribution >= 4 is 111 Å². The van der Waals surface area contributed by atoms with Crippen LogP contribution in [0.4, 0.5) is 34.1 Å². The maximum atomic E-state index is 7.12. The van der Waals surface area contributed by atoms with Crippen molar-refractivity contribution in [2.75, 3.05) is 9.80 Å². The fourth-order valence-electron chi connectivity index (χ4n) is 12.9. The molecule has 0 atom stereocenters. The van der Waals surface area contributed by atoms with Gasteiger partial charge in [0, 0.05) is 88.7 Å². The van der Waals surface area contributed by atoms with Crippen molar-refractivity contribution in [3.63, 3.8) is 0 Å². The van der Waals surface area contributed by atoms with Gasteiger partial charge in [-0.25, -0.2) is 9.97 Å². The Morgan fingerprint density at radius 2 is 0.697 bits per heavy atom. The number of hydrogen-bond acceptors (Lipinski definition) is 6. The molecule has 76 heavy (non-hydrogen) atoms. The Kier molecular flexibility index (Phi) is 9.61. The van der Waals surface area contributed by atoms with Crippen LogP contribution in [0.25, 0.3) is 99.0 Å². The molecule has 14 aromatic rings. The van der Waals surface area contributed by atoms with Crippen molar-refractivity contribution in [3.05, 3.63) is 241 Å². The SMILES string of the molecule is c1ccc(N(c2ccccc2)c2ccc3nc(-c4ccc5c(c4)oc4c6c7c(c8c(oc9cc(-c%10ccc%11cc(N(c%12ccccc%12)c%12ccccc%12)ccc%11n%10)ccc98)c8c7c(c45)CCC8)CCC6)ccc3c2)cc1. The predicted molar refractivity (Wildman–Crippen MR) is 313 cm³/mol. The highest BCUT2D eigenvalue weighted by molar-refractivity contribution is 6.23. The number of rotatable bonds is 8. The van der Waals surface area contributed by atoms with E-state index in [1.807, 2.05) is 0 Å². The first-order valence-electron chi connectivity index (χ1n) is 26.6. The van der Waals surface area contributed by atoms with Gasteiger partial charge in [0.25, 0.3) is 0 Å². The molecule has 6 heteroatoms. The van der Waals surface area contributed by atoms with E-state index in [2.05, 4.69) is 228 Å². The van der Waals surface area contributed by atoms with Crippen LogP contribution in [0.15, 0.2) is 227 Å². The molecule has 4 aromatic heterocycles. The fraction of sp³-hybridized carbons (Fsp3) is 0.0857. The van der Waals surface area contributed by atoms with Crippen molar-refractivity contribution in [2.24, 2.45) is 0 Å². The summed E-state index contributed by atoms with van der Waals surface area (Å²) < 4.78 is 14.2. The average Bonchev–Trinajstić information content (AvgIpc) is 4.17. The summed E-state index contributed by atoms with van der Waals surface area (Å²) in [6.07, 6.45) is 6.13. The van der Waals surface area contributed by atoms with Crippen molar-refractivity contribution in [1.29, 1.82) is 0 Å². The van der Waals surface area contributed by atoms with E-state index >= 15 is 0 Å². The van der Waals surface area contributed by atoms with Crippen LogP contribution in [-0.2, 0) is 25.7 Å². The molecule has 0 saturated heterocycles. The summed E-state index contributed by atoms with van der Waals surface area (Å²) in [6, 6.07) is 77.4. The Hall–Kier alpha value is -9.52. The molecule has 0 fully saturated rings. The first-order valence-corrected chi connectivity index (χ1v) is 26.6. The van der Waals surface area contributed by atoms with E-state index in [9.17, 15) is 0 Å². The summed E-state index contributed by atoms with van der Waals surface area (Å²) in [4.78, 5) is 15.1. The van der Waals surface area contributed by atoms with Crippen LogP contribution in [-0.4, -0.2) is 9.97 Å². The minimum atomic E-state index is 0.916. The number of pyridine rings is 2. The standard InChI is InChI=1S/C70H48N4O2/c1-5-15-47(16-6-1)73(48-17-7-2-8-18-48)51-31-37-61-43(39-51)29-35-59(71-61)45-27-33-53-63(41-45)75-69-57-25-14-24-56-66(57)65-55(67(53)69)23-13-26-58(65)70-68(56)54-34-28-46(42-64(54)76-70)60-36-30-44-40-52(32-38-62(44)72-60)74(49-19-9-3-10-20-49)50-21-11-4-12-22-50/h1-12,15-22,27-42H,13-14,23-26H2. The van der Waals surface area contributed by atoms with Crippen LogP contribution in [0.1, 0.15) is 35.1 Å². The molecular weight excluding hydrogens is 929 g/mol. The van der Waals surface area contributed by atoms with Gasteiger partial charge in [-0.1, -0.05) is 97.1 Å². The van der Waals surface area contributed by atoms with Gasteiger partial charge in [-0.2, -0.15) is 0 Å². The Bertz CT molecular complexity index is 4270. The van der Waals surface area contributed by atoms with Gasteiger partial charge in [-0.15, -0.1) is 0 Å². The number of nitrogens with zero attached hydrogens (tertiary/aromatic N) is 4. The molecule has 6 nitrogen and oxygen atoms in total. The van der Waals surface area contributed by atoms with Crippen molar-refractivity contribution < 1.29 is 8.83 Å². The third kappa shape index (κ3) is 6.73. The Morgan fingerprint density at radius 1 is 0.316 bits per heavy atom. The molecule has 4 heterocycles. The molecule has 0 spiro atoms. The normalized spacial score (nSPS) is 13.2. The molecule has 0 bridgehead atoms. The molecule has 360 valence electrons. The zero-order valence-electron chi connectivity index (χ0n) is 41.6. The number of aromatic nitrogens is 2. The molecule has 0 saturated carbocycles. The molecular formula is C70H48N4O2. The van der Waals surface area contributed by atoms with Crippen LogP contribution in [0, 0.1) is 0 Å². The van der Waals surface area contributed by atoms with Crippen molar-refractivity contribution in [1.82, 2.24) is 9.97 Å². The molecule has 0 amide bonds. The highest BCUT2D eigenvalue weighted by Crippen LogP contribution is 2.51. The number of furan rings is 2. The van der Waals surface area contributed by atoms with E-state index in [1.165, 1.54) is 54.6 Å². The number of fused-ring (bicyclic) bond motifs is 12. The first-order chi connectivity index (χ1) is 37.7. The number of hydrogen-bond donors (Lipinski definition) is 0. The van der Waals surface area contributed by atoms with E-state index < -0.39 is 0 Å². The number of para-hydroxylation sites is 4. The molecule has 0 aliphatic heterocycles. The quantitative estimate of drug-likeness (QED) is 0.151. The summed E-state index contributed by atoms with van der Waals surface area (Å²) in [5.41, 5.74) is 21.9. The second-order valence-electron chi connectivity index (χ2n) is 20.6. The number of benzene rings is 10. The number of aryl methyl sites for hydroxylation is 4. The van der Waals surface area contributed by atoms with Gasteiger partial charge in [0.2, 0.25) is 0 Å². The summed E-state index contributed by atoms with van der Waals surface area (Å²) >= 11 is 0. The van der Waals surface area contributed by atoms with Gasteiger partial charge >= 0.3 is 0 Å². The molecule has 0 unspecified atom stereocenters. The Balaban J connectivity index is 0.767. The van der Waals surface area contributed by atoms with E-state index in [0.29, 0.717) is 0 Å². The van der Waals surface area contributed by atoms with Gasteiger partial charge in [0.1, 0.15) is 22.3 Å². The summed E-state index contributed by atoms with van der Waals surface area (Å²) in [6.45, 7) is 0. The van der Waals surface area contributed by atoms with Gasteiger partial charge in [-0.3, -0.25) is 0 Å². The highest BCUT2D eigenvalue weighted by Gasteiger charge is 2.32. The van der Waals surface area contributed by atoms with Crippen LogP contribution in [0.2, 0.25) is 0 Å². The lowest BCUT2D eigenvalue weighted by Gasteiger charge is -2.26. The van der Waals surface area contributed by atoms with Gasteiger partial charge < -0.3 is 18.6 Å². The van der Waals surface area contributed by atoms with E-state index in [-0.39, 0.29) is 0 Å². The van der Waals surface area contributed by atoms with Crippen LogP contribution in [0.3, 0.4) is 0 Å². The number of anilines is 6. The third-order valence-electron chi connectivity index (χ3n) is 16.2. The monoisotopic (exact) mass is 976 g/mol. The molecule has 2 aliphatic carbocycles. The van der Waals surface area contributed by atoms with Crippen molar-refractivity contribution in [2.45, 2.75) is 38.5 Å². The molecule has 10 aromatic carbocycles. The lowest BCUT2D eigenvalue weighted by molar-refractivity contribution is 0.653. The maximum absolute atomic E-state index is 7.12. The highest BCUT2D eigenvalue weighted by atomic mass is 16.3. The second kappa shape index (κ2) is 17.0. The summed E-state index contributed by atoms with van der Waals surface area (Å²) in [7, 11) is 0. The summed E-state index contributed by atoms with van der Waals surface area (Å²) in [5, 5.41) is 9.90. The zero-order chi connectivity index (χ0) is 49.8. The largest absolute Gasteiger partial charge is 0.456 e. The van der Waals surface area contributed by atoms with E-state index in [0.717, 1.165) is 139 Å². The van der Waals surface area contributed by atoms with Gasteiger partial charge in [-0.05, 0) is 182 Å². The molecule has 0 N–H and O–H groups in total. The smallest absolute Gasteiger partial charge is 0.139 e. The third-order valence-corrected chi connectivity index (χ3v) is 16.2. The van der Waals surface area contributed by atoms with Crippen molar-refractivity contribution in [3.8, 4) is 22.5 Å². The maximum Gasteiger partial charge on any atom is 0.139 e. The van der Waals surface area contributed by atoms with E-state index in [4.69, 9.17) is 18.8 Å². The Morgan fingerprint density at radius 3 is 1.09 bits per heavy atom. The molecule has 0 radical (unpaired) electrons. The second-order valence-corrected chi connectivity index (χ2v) is 20.6. The van der Waals surface area contributed by atoms with Crippen LogP contribution < -0.4 is 9.80 Å². The zero-order valence-corrected chi connectivity index (χ0v) is 41.6. The van der Waals surface area contributed by atoms with Crippen LogP contribution >= 0.6 is 0 Å². The predicted octanol–water partition coefficient (Wildman–Crippen LogP) is 19.0. The topological polar surface area (TPSA) is 58.5 Å². The minimum absolute atomic E-state index is 0.916. The summed E-state index contributed by atoms with van der Waals surface area (Å²) in [5.74, 6) is 0. The minimum Gasteiger partial charge on any atom is -0.456 e. The van der Waals surface area contributed by atoms with E-state index in [1.54, 1.807) is 0 Å². The first kappa shape index (κ1) is 42.9. The molecule has 2 aliphatic rings. The lowest BCUT2D eigenvalue weighted by atomic mass is 9.77. The Labute approximate surface area is 438 Å². The molecule has 16 rings (SSSR count).